The fourth-order valence-corrected chi connectivity index (χ4v) is 3.99. The van der Waals surface area contributed by atoms with Crippen molar-refractivity contribution in [3.8, 4) is 11.3 Å². The number of aryl methyl sites for hydroxylation is 1. The number of thiazole rings is 1. The standard InChI is InChI=1S/C19H16N4OS2/c1-11-17(13-5-3-4-6-14(13)21-11)15-10-26-19(22-15)23-18(24)12-7-8-20-16(9-12)25-2/h3-10,21H,1-2H3,(H,22,23,24). The van der Waals surface area contributed by atoms with Crippen LogP contribution in [0.1, 0.15) is 16.1 Å². The summed E-state index contributed by atoms with van der Waals surface area (Å²) in [6.07, 6.45) is 3.57. The van der Waals surface area contributed by atoms with Gasteiger partial charge in [-0.2, -0.15) is 0 Å². The van der Waals surface area contributed by atoms with Crippen LogP contribution in [-0.4, -0.2) is 27.1 Å². The molecule has 4 aromatic rings. The number of aromatic amines is 1. The van der Waals surface area contributed by atoms with Crippen molar-refractivity contribution in [3.63, 3.8) is 0 Å². The third-order valence-electron chi connectivity index (χ3n) is 4.08. The van der Waals surface area contributed by atoms with E-state index in [1.54, 1.807) is 18.3 Å². The number of carbonyl (C=O) groups is 1. The molecule has 3 heterocycles. The van der Waals surface area contributed by atoms with Crippen molar-refractivity contribution in [2.75, 3.05) is 11.6 Å². The molecule has 0 radical (unpaired) electrons. The minimum absolute atomic E-state index is 0.181. The summed E-state index contributed by atoms with van der Waals surface area (Å²) in [5.74, 6) is -0.181. The number of hydrogen-bond donors (Lipinski definition) is 2. The number of anilines is 1. The number of nitrogens with zero attached hydrogens (tertiary/aromatic N) is 2. The summed E-state index contributed by atoms with van der Waals surface area (Å²) in [7, 11) is 0. The van der Waals surface area contributed by atoms with E-state index < -0.39 is 0 Å². The Hall–Kier alpha value is -2.64. The van der Waals surface area contributed by atoms with Crippen molar-refractivity contribution in [1.82, 2.24) is 15.0 Å². The predicted octanol–water partition coefficient (Wildman–Crippen LogP) is 4.97. The predicted molar refractivity (Wildman–Crippen MR) is 108 cm³/mol. The van der Waals surface area contributed by atoms with Crippen molar-refractivity contribution in [2.45, 2.75) is 11.9 Å². The van der Waals surface area contributed by atoms with Gasteiger partial charge in [-0.1, -0.05) is 18.2 Å². The van der Waals surface area contributed by atoms with Crippen molar-refractivity contribution < 1.29 is 4.79 Å². The number of hydrogen-bond acceptors (Lipinski definition) is 5. The van der Waals surface area contributed by atoms with Crippen molar-refractivity contribution in [2.24, 2.45) is 0 Å². The first-order valence-corrected chi connectivity index (χ1v) is 10.1. The van der Waals surface area contributed by atoms with E-state index in [4.69, 9.17) is 0 Å². The molecule has 26 heavy (non-hydrogen) atoms. The molecule has 3 aromatic heterocycles. The third-order valence-corrected chi connectivity index (χ3v) is 5.48. The number of carbonyl (C=O) groups excluding carboxylic acids is 1. The largest absolute Gasteiger partial charge is 0.358 e. The Balaban J connectivity index is 1.62. The number of benzene rings is 1. The van der Waals surface area contributed by atoms with Crippen LogP contribution in [0.5, 0.6) is 0 Å². The van der Waals surface area contributed by atoms with Gasteiger partial charge in [0.05, 0.1) is 10.7 Å². The smallest absolute Gasteiger partial charge is 0.257 e. The van der Waals surface area contributed by atoms with Gasteiger partial charge in [-0.15, -0.1) is 23.1 Å². The molecule has 0 aliphatic heterocycles. The summed E-state index contributed by atoms with van der Waals surface area (Å²) >= 11 is 2.92. The van der Waals surface area contributed by atoms with Crippen LogP contribution in [0.4, 0.5) is 5.13 Å². The van der Waals surface area contributed by atoms with E-state index in [0.29, 0.717) is 10.7 Å². The van der Waals surface area contributed by atoms with Crippen LogP contribution in [-0.2, 0) is 0 Å². The molecule has 5 nitrogen and oxygen atoms in total. The molecule has 0 fully saturated rings. The molecule has 7 heteroatoms. The summed E-state index contributed by atoms with van der Waals surface area (Å²) in [6.45, 7) is 2.04. The number of fused-ring (bicyclic) bond motifs is 1. The van der Waals surface area contributed by atoms with E-state index in [-0.39, 0.29) is 5.91 Å². The average molecular weight is 380 g/mol. The molecule has 0 saturated heterocycles. The van der Waals surface area contributed by atoms with Crippen molar-refractivity contribution >= 4 is 45.0 Å². The topological polar surface area (TPSA) is 70.7 Å². The fraction of sp³-hybridized carbons (Fsp3) is 0.105. The second-order valence-corrected chi connectivity index (χ2v) is 7.43. The zero-order chi connectivity index (χ0) is 18.1. The number of pyridine rings is 1. The van der Waals surface area contributed by atoms with Gasteiger partial charge in [-0.25, -0.2) is 9.97 Å². The average Bonchev–Trinajstić information content (AvgIpc) is 3.24. The lowest BCUT2D eigenvalue weighted by molar-refractivity contribution is 0.102. The quantitative estimate of drug-likeness (QED) is 0.491. The molecule has 0 saturated carbocycles. The second kappa shape index (κ2) is 6.93. The first-order chi connectivity index (χ1) is 12.7. The first-order valence-electron chi connectivity index (χ1n) is 8.00. The Bertz CT molecular complexity index is 1100. The zero-order valence-electron chi connectivity index (χ0n) is 14.2. The SMILES string of the molecule is CSc1cc(C(=O)Nc2nc(-c3c(C)[nH]c4ccccc34)cs2)ccn1. The molecule has 0 aliphatic carbocycles. The maximum absolute atomic E-state index is 12.5. The molecule has 2 N–H and O–H groups in total. The molecule has 0 bridgehead atoms. The molecule has 0 atom stereocenters. The molecular weight excluding hydrogens is 364 g/mol. The highest BCUT2D eigenvalue weighted by molar-refractivity contribution is 7.98. The molecule has 4 rings (SSSR count). The molecule has 1 amide bonds. The maximum Gasteiger partial charge on any atom is 0.257 e. The minimum Gasteiger partial charge on any atom is -0.358 e. The van der Waals surface area contributed by atoms with Gasteiger partial charge in [0.1, 0.15) is 0 Å². The van der Waals surface area contributed by atoms with Gasteiger partial charge in [0.15, 0.2) is 5.13 Å². The summed E-state index contributed by atoms with van der Waals surface area (Å²) < 4.78 is 0. The third kappa shape index (κ3) is 3.11. The number of aromatic nitrogens is 3. The number of nitrogens with one attached hydrogen (secondary N) is 2. The Morgan fingerprint density at radius 3 is 2.96 bits per heavy atom. The number of H-pyrrole nitrogens is 1. The van der Waals surface area contributed by atoms with E-state index in [1.807, 2.05) is 36.8 Å². The van der Waals surface area contributed by atoms with Crippen LogP contribution in [0.15, 0.2) is 53.0 Å². The lowest BCUT2D eigenvalue weighted by atomic mass is 10.1. The number of para-hydroxylation sites is 1. The Kier molecular flexibility index (Phi) is 4.48. The minimum atomic E-state index is -0.181. The first kappa shape index (κ1) is 16.8. The van der Waals surface area contributed by atoms with Crippen molar-refractivity contribution in [1.29, 1.82) is 0 Å². The van der Waals surface area contributed by atoms with E-state index in [9.17, 15) is 4.79 Å². The van der Waals surface area contributed by atoms with E-state index in [0.717, 1.165) is 32.9 Å². The van der Waals surface area contributed by atoms with Crippen LogP contribution in [0.2, 0.25) is 0 Å². The molecule has 0 aliphatic rings. The van der Waals surface area contributed by atoms with Crippen LogP contribution in [0.3, 0.4) is 0 Å². The van der Waals surface area contributed by atoms with Gasteiger partial charge >= 0.3 is 0 Å². The Labute approximate surface area is 158 Å². The number of thioether (sulfide) groups is 1. The normalized spacial score (nSPS) is 11.0. The molecular formula is C19H16N4OS2. The molecule has 0 unspecified atom stereocenters. The summed E-state index contributed by atoms with van der Waals surface area (Å²) in [5.41, 5.74) is 4.66. The highest BCUT2D eigenvalue weighted by atomic mass is 32.2. The molecule has 130 valence electrons. The molecule has 1 aromatic carbocycles. The maximum atomic E-state index is 12.5. The Morgan fingerprint density at radius 1 is 1.27 bits per heavy atom. The van der Waals surface area contributed by atoms with Crippen molar-refractivity contribution in [3.05, 3.63) is 59.2 Å². The zero-order valence-corrected chi connectivity index (χ0v) is 15.9. The summed E-state index contributed by atoms with van der Waals surface area (Å²) in [6, 6.07) is 11.6. The van der Waals surface area contributed by atoms with Crippen LogP contribution >= 0.6 is 23.1 Å². The molecule has 0 spiro atoms. The van der Waals surface area contributed by atoms with Crippen LogP contribution in [0.25, 0.3) is 22.2 Å². The Morgan fingerprint density at radius 2 is 2.12 bits per heavy atom. The number of amides is 1. The van der Waals surface area contributed by atoms with E-state index in [1.165, 1.54) is 23.1 Å². The fourth-order valence-electron chi connectivity index (χ4n) is 2.88. The summed E-state index contributed by atoms with van der Waals surface area (Å²) in [4.78, 5) is 24.7. The van der Waals surface area contributed by atoms with Gasteiger partial charge in [-0.3, -0.25) is 10.1 Å². The van der Waals surface area contributed by atoms with E-state index in [2.05, 4.69) is 26.3 Å². The monoisotopic (exact) mass is 380 g/mol. The van der Waals surface area contributed by atoms with Gasteiger partial charge in [0.2, 0.25) is 0 Å². The lowest BCUT2D eigenvalue weighted by Crippen LogP contribution is -2.11. The highest BCUT2D eigenvalue weighted by Crippen LogP contribution is 2.33. The second-order valence-electron chi connectivity index (χ2n) is 5.75. The van der Waals surface area contributed by atoms with Gasteiger partial charge < -0.3 is 4.98 Å². The van der Waals surface area contributed by atoms with E-state index >= 15 is 0 Å². The van der Waals surface area contributed by atoms with Gasteiger partial charge in [0, 0.05) is 39.3 Å². The van der Waals surface area contributed by atoms with Crippen LogP contribution in [0, 0.1) is 6.92 Å². The van der Waals surface area contributed by atoms with Gasteiger partial charge in [-0.05, 0) is 31.4 Å². The van der Waals surface area contributed by atoms with Gasteiger partial charge in [0.25, 0.3) is 5.91 Å². The number of rotatable bonds is 4. The summed E-state index contributed by atoms with van der Waals surface area (Å²) in [5, 5.41) is 7.38. The highest BCUT2D eigenvalue weighted by Gasteiger charge is 2.15. The van der Waals surface area contributed by atoms with Crippen LogP contribution < -0.4 is 5.32 Å². The lowest BCUT2D eigenvalue weighted by Gasteiger charge is -2.03.